The second kappa shape index (κ2) is 8.95. The third-order valence-electron chi connectivity index (χ3n) is 5.36. The molecular weight excluding hydrogens is 396 g/mol. The Hall–Kier alpha value is -3.75. The molecule has 0 aliphatic carbocycles. The topological polar surface area (TPSA) is 93.5 Å². The number of aromatic nitrogens is 4. The number of rotatable bonds is 5. The predicted molar refractivity (Wildman–Crippen MR) is 116 cm³/mol. The molecule has 2 aromatic heterocycles. The molecule has 31 heavy (non-hydrogen) atoms. The minimum atomic E-state index is -0.703. The summed E-state index contributed by atoms with van der Waals surface area (Å²) in [5.41, 5.74) is 1.15. The van der Waals surface area contributed by atoms with Gasteiger partial charge in [0.25, 0.3) is 5.56 Å². The van der Waals surface area contributed by atoms with Gasteiger partial charge in [0.15, 0.2) is 0 Å². The molecule has 160 valence electrons. The van der Waals surface area contributed by atoms with Gasteiger partial charge in [-0.25, -0.2) is 14.6 Å². The van der Waals surface area contributed by atoms with Crippen molar-refractivity contribution in [3.05, 3.63) is 65.2 Å². The predicted octanol–water partition coefficient (Wildman–Crippen LogP) is 1.62. The van der Waals surface area contributed by atoms with Crippen LogP contribution in [0.5, 0.6) is 5.75 Å². The maximum atomic E-state index is 13.1. The number of nitrogens with zero attached hydrogens (tertiary/aromatic N) is 6. The van der Waals surface area contributed by atoms with E-state index < -0.39 is 6.04 Å². The average Bonchev–Trinajstić information content (AvgIpc) is 2.84. The highest BCUT2D eigenvalue weighted by molar-refractivity contribution is 5.80. The number of amides is 1. The van der Waals surface area contributed by atoms with Gasteiger partial charge in [-0.3, -0.25) is 9.59 Å². The Morgan fingerprint density at radius 3 is 2.32 bits per heavy atom. The van der Waals surface area contributed by atoms with Crippen LogP contribution in [-0.4, -0.2) is 63.8 Å². The Morgan fingerprint density at radius 1 is 1.00 bits per heavy atom. The molecule has 0 spiro atoms. The van der Waals surface area contributed by atoms with Gasteiger partial charge in [0, 0.05) is 50.2 Å². The molecule has 3 heterocycles. The summed E-state index contributed by atoms with van der Waals surface area (Å²) >= 11 is 0. The monoisotopic (exact) mass is 420 g/mol. The molecule has 1 amide bonds. The van der Waals surface area contributed by atoms with E-state index in [-0.39, 0.29) is 11.5 Å². The molecule has 1 aliphatic heterocycles. The summed E-state index contributed by atoms with van der Waals surface area (Å²) in [6, 6.07) is 11.6. The minimum Gasteiger partial charge on any atom is -0.497 e. The van der Waals surface area contributed by atoms with Crippen LogP contribution in [0.3, 0.4) is 0 Å². The Labute approximate surface area is 179 Å². The Bertz CT molecular complexity index is 1090. The number of carbonyl (C=O) groups is 1. The first-order chi connectivity index (χ1) is 15.1. The van der Waals surface area contributed by atoms with Crippen LogP contribution in [0, 0.1) is 0 Å². The maximum absolute atomic E-state index is 13.1. The maximum Gasteiger partial charge on any atom is 0.267 e. The van der Waals surface area contributed by atoms with E-state index in [1.54, 1.807) is 43.5 Å². The lowest BCUT2D eigenvalue weighted by Crippen LogP contribution is -2.51. The fourth-order valence-electron chi connectivity index (χ4n) is 3.57. The van der Waals surface area contributed by atoms with Gasteiger partial charge in [0.1, 0.15) is 11.8 Å². The zero-order valence-corrected chi connectivity index (χ0v) is 17.5. The molecule has 1 atom stereocenters. The highest BCUT2D eigenvalue weighted by atomic mass is 16.5. The van der Waals surface area contributed by atoms with Crippen molar-refractivity contribution in [3.8, 4) is 17.0 Å². The number of carbonyl (C=O) groups excluding carboxylic acids is 1. The van der Waals surface area contributed by atoms with Gasteiger partial charge in [-0.2, -0.15) is 5.10 Å². The smallest absolute Gasteiger partial charge is 0.267 e. The first kappa shape index (κ1) is 20.5. The lowest BCUT2D eigenvalue weighted by atomic mass is 10.1. The van der Waals surface area contributed by atoms with Crippen molar-refractivity contribution in [2.75, 3.05) is 38.2 Å². The molecule has 1 fully saturated rings. The Balaban J connectivity index is 1.48. The average molecular weight is 420 g/mol. The van der Waals surface area contributed by atoms with E-state index in [1.165, 1.54) is 10.7 Å². The summed E-state index contributed by atoms with van der Waals surface area (Å²) in [4.78, 5) is 37.9. The van der Waals surface area contributed by atoms with Gasteiger partial charge in [0.05, 0.1) is 12.8 Å². The number of methoxy groups -OCH3 is 1. The van der Waals surface area contributed by atoms with Gasteiger partial charge < -0.3 is 14.5 Å². The molecule has 3 aromatic rings. The molecule has 4 rings (SSSR count). The number of ether oxygens (including phenoxy) is 1. The van der Waals surface area contributed by atoms with Crippen LogP contribution in [0.2, 0.25) is 0 Å². The summed E-state index contributed by atoms with van der Waals surface area (Å²) < 4.78 is 6.44. The summed E-state index contributed by atoms with van der Waals surface area (Å²) in [5, 5.41) is 4.46. The van der Waals surface area contributed by atoms with Crippen molar-refractivity contribution >= 4 is 11.9 Å². The van der Waals surface area contributed by atoms with E-state index in [2.05, 4.69) is 15.1 Å². The second-order valence-corrected chi connectivity index (χ2v) is 7.27. The molecule has 1 saturated heterocycles. The minimum absolute atomic E-state index is 0.130. The van der Waals surface area contributed by atoms with Crippen LogP contribution >= 0.6 is 0 Å². The van der Waals surface area contributed by atoms with Crippen LogP contribution in [0.15, 0.2) is 59.7 Å². The van der Waals surface area contributed by atoms with E-state index in [9.17, 15) is 9.59 Å². The van der Waals surface area contributed by atoms with Crippen LogP contribution < -0.4 is 15.2 Å². The number of hydrogen-bond acceptors (Lipinski definition) is 7. The lowest BCUT2D eigenvalue weighted by Gasteiger charge is -2.35. The van der Waals surface area contributed by atoms with Crippen molar-refractivity contribution in [2.24, 2.45) is 0 Å². The summed E-state index contributed by atoms with van der Waals surface area (Å²) in [6.07, 6.45) is 3.41. The van der Waals surface area contributed by atoms with Crippen molar-refractivity contribution in [3.63, 3.8) is 0 Å². The fourth-order valence-corrected chi connectivity index (χ4v) is 3.57. The quantitative estimate of drug-likeness (QED) is 0.619. The number of anilines is 1. The fraction of sp³-hybridized carbons (Fsp3) is 0.318. The third kappa shape index (κ3) is 4.40. The highest BCUT2D eigenvalue weighted by Gasteiger charge is 2.27. The van der Waals surface area contributed by atoms with Crippen LogP contribution in [0.25, 0.3) is 11.3 Å². The van der Waals surface area contributed by atoms with Gasteiger partial charge in [-0.15, -0.1) is 0 Å². The van der Waals surface area contributed by atoms with Gasteiger partial charge >= 0.3 is 0 Å². The summed E-state index contributed by atoms with van der Waals surface area (Å²) in [5.74, 6) is 1.27. The van der Waals surface area contributed by atoms with E-state index in [4.69, 9.17) is 4.74 Å². The molecule has 0 bridgehead atoms. The molecule has 0 N–H and O–H groups in total. The standard InChI is InChI=1S/C22H24N6O3/c1-16(21(30)26-12-14-27(15-13-26)22-23-10-3-11-24-22)28-20(29)9-8-19(25-28)17-4-6-18(31-2)7-5-17/h3-11,16H,12-15H2,1-2H3. The van der Waals surface area contributed by atoms with E-state index in [0.29, 0.717) is 37.8 Å². The zero-order valence-electron chi connectivity index (χ0n) is 17.5. The SMILES string of the molecule is COc1ccc(-c2ccc(=O)n(C(C)C(=O)N3CCN(c4ncccn4)CC3)n2)cc1. The highest BCUT2D eigenvalue weighted by Crippen LogP contribution is 2.20. The van der Waals surface area contributed by atoms with Crippen molar-refractivity contribution in [2.45, 2.75) is 13.0 Å². The van der Waals surface area contributed by atoms with Crippen LogP contribution in [0.4, 0.5) is 5.95 Å². The number of hydrogen-bond donors (Lipinski definition) is 0. The second-order valence-electron chi connectivity index (χ2n) is 7.27. The van der Waals surface area contributed by atoms with Gasteiger partial charge in [-0.1, -0.05) is 0 Å². The van der Waals surface area contributed by atoms with Crippen molar-refractivity contribution < 1.29 is 9.53 Å². The molecule has 9 heteroatoms. The number of piperazine rings is 1. The molecule has 1 aromatic carbocycles. The van der Waals surface area contributed by atoms with Gasteiger partial charge in [-0.05, 0) is 43.3 Å². The number of benzene rings is 1. The van der Waals surface area contributed by atoms with E-state index in [0.717, 1.165) is 11.3 Å². The molecule has 0 saturated carbocycles. The molecule has 1 unspecified atom stereocenters. The van der Waals surface area contributed by atoms with E-state index in [1.807, 2.05) is 29.2 Å². The molecular formula is C22H24N6O3. The molecule has 1 aliphatic rings. The normalized spacial score (nSPS) is 14.9. The molecule has 9 nitrogen and oxygen atoms in total. The Kier molecular flexibility index (Phi) is 5.92. The lowest BCUT2D eigenvalue weighted by molar-refractivity contribution is -0.135. The van der Waals surface area contributed by atoms with E-state index >= 15 is 0 Å². The van der Waals surface area contributed by atoms with Crippen molar-refractivity contribution in [1.29, 1.82) is 0 Å². The van der Waals surface area contributed by atoms with Gasteiger partial charge in [0.2, 0.25) is 11.9 Å². The van der Waals surface area contributed by atoms with Crippen LogP contribution in [-0.2, 0) is 4.79 Å². The molecule has 0 radical (unpaired) electrons. The zero-order chi connectivity index (χ0) is 21.8. The Morgan fingerprint density at radius 2 is 1.68 bits per heavy atom. The summed E-state index contributed by atoms with van der Waals surface area (Å²) in [7, 11) is 1.60. The summed E-state index contributed by atoms with van der Waals surface area (Å²) in [6.45, 7) is 4.05. The first-order valence-corrected chi connectivity index (χ1v) is 10.1. The largest absolute Gasteiger partial charge is 0.497 e. The van der Waals surface area contributed by atoms with Crippen molar-refractivity contribution in [1.82, 2.24) is 24.6 Å². The third-order valence-corrected chi connectivity index (χ3v) is 5.36. The first-order valence-electron chi connectivity index (χ1n) is 10.1. The van der Waals surface area contributed by atoms with Crippen LogP contribution in [0.1, 0.15) is 13.0 Å².